The monoisotopic (exact) mass is 546 g/mol. The van der Waals surface area contributed by atoms with Crippen LogP contribution in [0.3, 0.4) is 0 Å². The average Bonchev–Trinajstić information content (AvgIpc) is 3.36. The standard InChI is InChI=1S/C32H35FN2O5/c1-20-28(31(2,3)33)27(16-17-36)40-32(20)25-18-23(34-29(37)22-10-13-24(39-4)14-11-22)12-15-26(25)35(30(32)38)19-21-8-6-5-7-9-21/h5-15,18,20,27-28,36H,16-17,19H2,1-4H3,(H,34,37)/t20-,27+,28-,32+/m1/s1. The lowest BCUT2D eigenvalue weighted by Gasteiger charge is -2.32. The van der Waals surface area contributed by atoms with Crippen LogP contribution < -0.4 is 15.0 Å². The fraction of sp³-hybridized carbons (Fsp3) is 0.375. The number of aliphatic hydroxyl groups is 1. The first-order valence-corrected chi connectivity index (χ1v) is 13.5. The van der Waals surface area contributed by atoms with Crippen molar-refractivity contribution in [1.29, 1.82) is 0 Å². The number of halogens is 1. The third-order valence-corrected chi connectivity index (χ3v) is 8.17. The molecule has 0 unspecified atom stereocenters. The van der Waals surface area contributed by atoms with E-state index in [4.69, 9.17) is 9.47 Å². The second-order valence-corrected chi connectivity index (χ2v) is 11.1. The number of aliphatic hydroxyl groups excluding tert-OH is 1. The highest BCUT2D eigenvalue weighted by Gasteiger charge is 2.66. The van der Waals surface area contributed by atoms with E-state index in [1.807, 2.05) is 37.3 Å². The van der Waals surface area contributed by atoms with Crippen LogP contribution in [0.5, 0.6) is 5.75 Å². The molecular weight excluding hydrogens is 511 g/mol. The molecule has 7 nitrogen and oxygen atoms in total. The average molecular weight is 547 g/mol. The second kappa shape index (κ2) is 10.7. The molecule has 40 heavy (non-hydrogen) atoms. The highest BCUT2D eigenvalue weighted by atomic mass is 19.1. The van der Waals surface area contributed by atoms with Gasteiger partial charge in [0.15, 0.2) is 5.60 Å². The van der Waals surface area contributed by atoms with Gasteiger partial charge < -0.3 is 24.8 Å². The molecule has 210 valence electrons. The summed E-state index contributed by atoms with van der Waals surface area (Å²) in [7, 11) is 1.56. The predicted molar refractivity (Wildman–Crippen MR) is 151 cm³/mol. The van der Waals surface area contributed by atoms with Crippen molar-refractivity contribution in [1.82, 2.24) is 0 Å². The number of hydrogen-bond acceptors (Lipinski definition) is 5. The Morgan fingerprint density at radius 1 is 1.12 bits per heavy atom. The zero-order valence-electron chi connectivity index (χ0n) is 23.2. The van der Waals surface area contributed by atoms with Crippen LogP contribution >= 0.6 is 0 Å². The van der Waals surface area contributed by atoms with Crippen LogP contribution in [0.25, 0.3) is 0 Å². The third kappa shape index (κ3) is 4.75. The lowest BCUT2D eigenvalue weighted by molar-refractivity contribution is -0.146. The summed E-state index contributed by atoms with van der Waals surface area (Å²) < 4.78 is 27.4. The molecule has 0 aromatic heterocycles. The quantitative estimate of drug-likeness (QED) is 0.391. The Labute approximate surface area is 233 Å². The Morgan fingerprint density at radius 3 is 2.45 bits per heavy atom. The maximum Gasteiger partial charge on any atom is 0.264 e. The van der Waals surface area contributed by atoms with Gasteiger partial charge in [0, 0.05) is 35.3 Å². The van der Waals surface area contributed by atoms with Gasteiger partial charge in [-0.2, -0.15) is 0 Å². The van der Waals surface area contributed by atoms with Gasteiger partial charge in [-0.05, 0) is 68.3 Å². The number of fused-ring (bicyclic) bond motifs is 2. The van der Waals surface area contributed by atoms with E-state index in [2.05, 4.69) is 5.32 Å². The number of carbonyl (C=O) groups excluding carboxylic acids is 2. The van der Waals surface area contributed by atoms with E-state index in [0.29, 0.717) is 34.8 Å². The van der Waals surface area contributed by atoms with Crippen LogP contribution in [0.2, 0.25) is 0 Å². The van der Waals surface area contributed by atoms with Crippen molar-refractivity contribution >= 4 is 23.2 Å². The van der Waals surface area contributed by atoms with Gasteiger partial charge in [0.25, 0.3) is 11.8 Å². The van der Waals surface area contributed by atoms with Crippen molar-refractivity contribution < 1.29 is 28.6 Å². The fourth-order valence-electron chi connectivity index (χ4n) is 6.39. The lowest BCUT2D eigenvalue weighted by atomic mass is 9.71. The van der Waals surface area contributed by atoms with Crippen molar-refractivity contribution in [2.24, 2.45) is 11.8 Å². The van der Waals surface area contributed by atoms with Crippen LogP contribution in [0.15, 0.2) is 72.8 Å². The van der Waals surface area contributed by atoms with E-state index in [-0.39, 0.29) is 24.8 Å². The predicted octanol–water partition coefficient (Wildman–Crippen LogP) is 5.47. The SMILES string of the molecule is COc1ccc(C(=O)Nc2ccc3c(c2)[C@]2(O[C@@H](CCO)[C@H](C(C)(C)F)[C@H]2C)C(=O)N3Cc2ccccc2)cc1. The number of rotatable bonds is 8. The molecule has 1 fully saturated rings. The molecule has 2 amide bonds. The molecule has 2 N–H and O–H groups in total. The summed E-state index contributed by atoms with van der Waals surface area (Å²) in [6.07, 6.45) is -0.453. The molecule has 0 radical (unpaired) electrons. The number of nitrogens with zero attached hydrogens (tertiary/aromatic N) is 1. The number of benzene rings is 3. The largest absolute Gasteiger partial charge is 0.497 e. The van der Waals surface area contributed by atoms with Crippen LogP contribution in [0.4, 0.5) is 15.8 Å². The van der Waals surface area contributed by atoms with Gasteiger partial charge in [-0.3, -0.25) is 9.59 Å². The first-order valence-electron chi connectivity index (χ1n) is 13.5. The normalized spacial score (nSPS) is 23.9. The highest BCUT2D eigenvalue weighted by molar-refractivity contribution is 6.09. The van der Waals surface area contributed by atoms with Gasteiger partial charge in [-0.25, -0.2) is 4.39 Å². The summed E-state index contributed by atoms with van der Waals surface area (Å²) in [6.45, 7) is 4.96. The van der Waals surface area contributed by atoms with Crippen molar-refractivity contribution in [2.75, 3.05) is 23.9 Å². The third-order valence-electron chi connectivity index (χ3n) is 8.17. The summed E-state index contributed by atoms with van der Waals surface area (Å²) in [6, 6.07) is 21.7. The van der Waals surface area contributed by atoms with E-state index >= 15 is 4.39 Å². The molecule has 2 heterocycles. The zero-order chi connectivity index (χ0) is 28.7. The molecule has 0 saturated carbocycles. The molecule has 4 atom stereocenters. The molecule has 2 aliphatic rings. The summed E-state index contributed by atoms with van der Waals surface area (Å²) in [5.74, 6) is -1.12. The molecule has 1 spiro atoms. The van der Waals surface area contributed by atoms with E-state index in [9.17, 15) is 14.7 Å². The van der Waals surface area contributed by atoms with E-state index in [1.54, 1.807) is 54.5 Å². The number of anilines is 2. The highest BCUT2D eigenvalue weighted by Crippen LogP contribution is 2.58. The van der Waals surface area contributed by atoms with E-state index < -0.39 is 29.2 Å². The maximum atomic E-state index is 15.6. The Morgan fingerprint density at radius 2 is 1.82 bits per heavy atom. The zero-order valence-corrected chi connectivity index (χ0v) is 23.2. The number of hydrogen-bond donors (Lipinski definition) is 2. The van der Waals surface area contributed by atoms with Crippen LogP contribution in [-0.4, -0.2) is 42.4 Å². The lowest BCUT2D eigenvalue weighted by Crippen LogP contribution is -2.45. The number of carbonyl (C=O) groups is 2. The Hall–Kier alpha value is -3.75. The molecule has 8 heteroatoms. The van der Waals surface area contributed by atoms with Gasteiger partial charge in [-0.15, -0.1) is 0 Å². The number of alkyl halides is 1. The molecule has 3 aromatic carbocycles. The minimum Gasteiger partial charge on any atom is -0.497 e. The number of ether oxygens (including phenoxy) is 2. The first kappa shape index (κ1) is 27.8. The summed E-state index contributed by atoms with van der Waals surface area (Å²) >= 11 is 0. The molecule has 0 bridgehead atoms. The smallest absolute Gasteiger partial charge is 0.264 e. The van der Waals surface area contributed by atoms with Gasteiger partial charge in [-0.1, -0.05) is 37.3 Å². The molecule has 2 aliphatic heterocycles. The van der Waals surface area contributed by atoms with Crippen LogP contribution in [0.1, 0.15) is 48.7 Å². The van der Waals surface area contributed by atoms with Crippen molar-refractivity contribution in [3.05, 3.63) is 89.5 Å². The molecule has 3 aromatic rings. The summed E-state index contributed by atoms with van der Waals surface area (Å²) in [4.78, 5) is 29.1. The molecule has 1 saturated heterocycles. The van der Waals surface area contributed by atoms with E-state index in [1.165, 1.54) is 13.8 Å². The Balaban J connectivity index is 1.57. The Bertz CT molecular complexity index is 1390. The number of amides is 2. The number of nitrogens with one attached hydrogen (secondary N) is 1. The van der Waals surface area contributed by atoms with Crippen LogP contribution in [0, 0.1) is 11.8 Å². The van der Waals surface area contributed by atoms with Gasteiger partial charge >= 0.3 is 0 Å². The van der Waals surface area contributed by atoms with Crippen LogP contribution in [-0.2, 0) is 21.7 Å². The first-order chi connectivity index (χ1) is 19.1. The Kier molecular flexibility index (Phi) is 7.42. The topological polar surface area (TPSA) is 88.1 Å². The summed E-state index contributed by atoms with van der Waals surface area (Å²) in [5.41, 5.74) is 0.00745. The molecule has 0 aliphatic carbocycles. The summed E-state index contributed by atoms with van der Waals surface area (Å²) in [5, 5.41) is 12.7. The van der Waals surface area contributed by atoms with Crippen molar-refractivity contribution in [2.45, 2.75) is 51.1 Å². The van der Waals surface area contributed by atoms with Gasteiger partial charge in [0.1, 0.15) is 11.4 Å². The minimum atomic E-state index is -1.66. The van der Waals surface area contributed by atoms with E-state index in [0.717, 1.165) is 5.56 Å². The van der Waals surface area contributed by atoms with Crippen molar-refractivity contribution in [3.8, 4) is 5.75 Å². The minimum absolute atomic E-state index is 0.188. The fourth-order valence-corrected chi connectivity index (χ4v) is 6.39. The number of methoxy groups -OCH3 is 1. The molecule has 5 rings (SSSR count). The molecular formula is C32H35FN2O5. The van der Waals surface area contributed by atoms with Crippen molar-refractivity contribution in [3.63, 3.8) is 0 Å². The van der Waals surface area contributed by atoms with Gasteiger partial charge in [0.2, 0.25) is 0 Å². The van der Waals surface area contributed by atoms with Gasteiger partial charge in [0.05, 0.1) is 25.4 Å². The second-order valence-electron chi connectivity index (χ2n) is 11.1. The maximum absolute atomic E-state index is 15.6.